The van der Waals surface area contributed by atoms with Gasteiger partial charge < -0.3 is 15.0 Å². The molecule has 1 saturated carbocycles. The lowest BCUT2D eigenvalue weighted by molar-refractivity contribution is 0.0633. The van der Waals surface area contributed by atoms with E-state index in [4.69, 9.17) is 4.74 Å². The van der Waals surface area contributed by atoms with Crippen molar-refractivity contribution in [3.8, 4) is 5.75 Å². The van der Waals surface area contributed by atoms with Crippen molar-refractivity contribution in [3.63, 3.8) is 0 Å². The van der Waals surface area contributed by atoms with Crippen LogP contribution in [0.4, 0.5) is 0 Å². The molecule has 2 amide bonds. The lowest BCUT2D eigenvalue weighted by Crippen LogP contribution is -2.41. The van der Waals surface area contributed by atoms with Crippen LogP contribution >= 0.6 is 0 Å². The molecule has 6 heteroatoms. The summed E-state index contributed by atoms with van der Waals surface area (Å²) in [5, 5.41) is 2.98. The zero-order valence-corrected chi connectivity index (χ0v) is 15.8. The number of hydrogen-bond acceptors (Lipinski definition) is 4. The maximum atomic E-state index is 12.6. The second-order valence-corrected chi connectivity index (χ2v) is 7.58. The third kappa shape index (κ3) is 4.68. The molecule has 1 aliphatic heterocycles. The number of pyridine rings is 1. The lowest BCUT2D eigenvalue weighted by atomic mass is 9.98. The standard InChI is InChI=1S/C22H25N3O3/c26-21(24-19-5-6-19)17-3-7-20(8-4-17)28-15-16-2-1-13-25(14-16)22(27)18-9-11-23-12-10-18/h3-4,7-12,16,19H,1-2,5-6,13-15H2,(H,24,26)/t16-/m1/s1. The van der Waals surface area contributed by atoms with Gasteiger partial charge in [0.25, 0.3) is 11.8 Å². The van der Waals surface area contributed by atoms with E-state index in [-0.39, 0.29) is 11.8 Å². The summed E-state index contributed by atoms with van der Waals surface area (Å²) in [6.07, 6.45) is 7.47. The molecular formula is C22H25N3O3. The number of carbonyl (C=O) groups is 2. The van der Waals surface area contributed by atoms with E-state index in [1.54, 1.807) is 36.7 Å². The Bertz CT molecular complexity index is 819. The number of likely N-dealkylation sites (tertiary alicyclic amines) is 1. The van der Waals surface area contributed by atoms with E-state index in [1.165, 1.54) is 0 Å². The van der Waals surface area contributed by atoms with E-state index < -0.39 is 0 Å². The van der Waals surface area contributed by atoms with Crippen LogP contribution in [0.1, 0.15) is 46.4 Å². The second kappa shape index (κ2) is 8.42. The van der Waals surface area contributed by atoms with Crippen LogP contribution in [0.5, 0.6) is 5.75 Å². The normalized spacial score (nSPS) is 19.1. The minimum atomic E-state index is -0.0217. The summed E-state index contributed by atoms with van der Waals surface area (Å²) in [6, 6.07) is 11.1. The number of benzene rings is 1. The van der Waals surface area contributed by atoms with Gasteiger partial charge in [0.2, 0.25) is 0 Å². The number of aromatic nitrogens is 1. The Balaban J connectivity index is 1.28. The molecule has 0 radical (unpaired) electrons. The van der Waals surface area contributed by atoms with Crippen molar-refractivity contribution in [2.24, 2.45) is 5.92 Å². The first-order chi connectivity index (χ1) is 13.7. The van der Waals surface area contributed by atoms with Gasteiger partial charge in [-0.05, 0) is 62.1 Å². The third-order valence-electron chi connectivity index (χ3n) is 5.25. The predicted molar refractivity (Wildman–Crippen MR) is 105 cm³/mol. The maximum Gasteiger partial charge on any atom is 0.253 e. The molecule has 0 unspecified atom stereocenters. The Morgan fingerprint density at radius 1 is 1.04 bits per heavy atom. The fraction of sp³-hybridized carbons (Fsp3) is 0.409. The molecule has 28 heavy (non-hydrogen) atoms. The molecule has 1 atom stereocenters. The zero-order valence-electron chi connectivity index (χ0n) is 15.8. The summed E-state index contributed by atoms with van der Waals surface area (Å²) in [7, 11) is 0. The second-order valence-electron chi connectivity index (χ2n) is 7.58. The molecule has 6 nitrogen and oxygen atoms in total. The van der Waals surface area contributed by atoms with Crippen molar-refractivity contribution in [1.82, 2.24) is 15.2 Å². The molecule has 2 fully saturated rings. The highest BCUT2D eigenvalue weighted by atomic mass is 16.5. The molecule has 1 N–H and O–H groups in total. The van der Waals surface area contributed by atoms with Crippen molar-refractivity contribution in [1.29, 1.82) is 0 Å². The molecule has 0 spiro atoms. The van der Waals surface area contributed by atoms with Gasteiger partial charge in [-0.3, -0.25) is 14.6 Å². The van der Waals surface area contributed by atoms with Crippen LogP contribution in [0.15, 0.2) is 48.8 Å². The number of hydrogen-bond donors (Lipinski definition) is 1. The van der Waals surface area contributed by atoms with Crippen LogP contribution in [0.25, 0.3) is 0 Å². The van der Waals surface area contributed by atoms with E-state index in [2.05, 4.69) is 10.3 Å². The first-order valence-corrected chi connectivity index (χ1v) is 9.92. The number of carbonyl (C=O) groups excluding carboxylic acids is 2. The highest BCUT2D eigenvalue weighted by molar-refractivity contribution is 5.95. The van der Waals surface area contributed by atoms with Gasteiger partial charge >= 0.3 is 0 Å². The SMILES string of the molecule is O=C(NC1CC1)c1ccc(OC[C@@H]2CCCN(C(=O)c3ccncc3)C2)cc1. The van der Waals surface area contributed by atoms with E-state index >= 15 is 0 Å². The minimum Gasteiger partial charge on any atom is -0.493 e. The van der Waals surface area contributed by atoms with Gasteiger partial charge in [0, 0.05) is 48.6 Å². The smallest absolute Gasteiger partial charge is 0.253 e. The van der Waals surface area contributed by atoms with Gasteiger partial charge in [0.05, 0.1) is 6.61 Å². The van der Waals surface area contributed by atoms with Crippen LogP contribution in [-0.4, -0.2) is 47.4 Å². The van der Waals surface area contributed by atoms with Gasteiger partial charge in [-0.25, -0.2) is 0 Å². The molecule has 2 heterocycles. The van der Waals surface area contributed by atoms with Gasteiger partial charge in [-0.15, -0.1) is 0 Å². The highest BCUT2D eigenvalue weighted by Gasteiger charge is 2.25. The largest absolute Gasteiger partial charge is 0.493 e. The van der Waals surface area contributed by atoms with Crippen LogP contribution in [0.3, 0.4) is 0 Å². The van der Waals surface area contributed by atoms with E-state index in [0.717, 1.165) is 38.0 Å². The number of piperidine rings is 1. The fourth-order valence-corrected chi connectivity index (χ4v) is 3.48. The summed E-state index contributed by atoms with van der Waals surface area (Å²) >= 11 is 0. The average molecular weight is 379 g/mol. The summed E-state index contributed by atoms with van der Waals surface area (Å²) in [6.45, 7) is 2.04. The number of rotatable bonds is 6. The van der Waals surface area contributed by atoms with Crippen molar-refractivity contribution < 1.29 is 14.3 Å². The Morgan fingerprint density at radius 3 is 2.50 bits per heavy atom. The van der Waals surface area contributed by atoms with Crippen LogP contribution in [-0.2, 0) is 0 Å². The summed E-state index contributed by atoms with van der Waals surface area (Å²) < 4.78 is 5.93. The Kier molecular flexibility index (Phi) is 5.55. The van der Waals surface area contributed by atoms with Crippen molar-refractivity contribution in [2.45, 2.75) is 31.7 Å². The van der Waals surface area contributed by atoms with Crippen LogP contribution in [0.2, 0.25) is 0 Å². The molecule has 1 aliphatic carbocycles. The predicted octanol–water partition coefficient (Wildman–Crippen LogP) is 2.91. The van der Waals surface area contributed by atoms with Gasteiger partial charge in [0.1, 0.15) is 5.75 Å². The third-order valence-corrected chi connectivity index (χ3v) is 5.25. The lowest BCUT2D eigenvalue weighted by Gasteiger charge is -2.32. The number of amides is 2. The molecule has 4 rings (SSSR count). The van der Waals surface area contributed by atoms with Crippen molar-refractivity contribution in [3.05, 3.63) is 59.9 Å². The summed E-state index contributed by atoms with van der Waals surface area (Å²) in [5.74, 6) is 1.09. The topological polar surface area (TPSA) is 71.5 Å². The Hall–Kier alpha value is -2.89. The molecule has 0 bridgehead atoms. The average Bonchev–Trinajstić information content (AvgIpc) is 3.57. The zero-order chi connectivity index (χ0) is 19.3. The fourth-order valence-electron chi connectivity index (χ4n) is 3.48. The molecule has 1 aromatic carbocycles. The molecule has 146 valence electrons. The molecule has 1 saturated heterocycles. The molecule has 2 aromatic rings. The van der Waals surface area contributed by atoms with Crippen LogP contribution < -0.4 is 10.1 Å². The molecule has 2 aliphatic rings. The quantitative estimate of drug-likeness (QED) is 0.838. The first-order valence-electron chi connectivity index (χ1n) is 9.92. The summed E-state index contributed by atoms with van der Waals surface area (Å²) in [4.78, 5) is 30.5. The first kappa shape index (κ1) is 18.5. The Labute approximate surface area is 164 Å². The highest BCUT2D eigenvalue weighted by Crippen LogP contribution is 2.22. The number of nitrogens with one attached hydrogen (secondary N) is 1. The van der Waals surface area contributed by atoms with E-state index in [9.17, 15) is 9.59 Å². The van der Waals surface area contributed by atoms with Crippen molar-refractivity contribution >= 4 is 11.8 Å². The van der Waals surface area contributed by atoms with Gasteiger partial charge in [0.15, 0.2) is 0 Å². The van der Waals surface area contributed by atoms with Gasteiger partial charge in [-0.1, -0.05) is 0 Å². The number of ether oxygens (including phenoxy) is 1. The van der Waals surface area contributed by atoms with E-state index in [0.29, 0.717) is 36.2 Å². The summed E-state index contributed by atoms with van der Waals surface area (Å²) in [5.41, 5.74) is 1.34. The minimum absolute atomic E-state index is 0.0217. The maximum absolute atomic E-state index is 12.6. The van der Waals surface area contributed by atoms with Crippen LogP contribution in [0, 0.1) is 5.92 Å². The number of nitrogens with zero attached hydrogens (tertiary/aromatic N) is 2. The molecule has 1 aromatic heterocycles. The van der Waals surface area contributed by atoms with E-state index in [1.807, 2.05) is 17.0 Å². The Morgan fingerprint density at radius 2 is 1.79 bits per heavy atom. The monoisotopic (exact) mass is 379 g/mol. The van der Waals surface area contributed by atoms with Crippen molar-refractivity contribution in [2.75, 3.05) is 19.7 Å². The molecular weight excluding hydrogens is 354 g/mol. The van der Waals surface area contributed by atoms with Gasteiger partial charge in [-0.2, -0.15) is 0 Å².